The molecule has 1 aromatic rings. The minimum Gasteiger partial charge on any atom is -0.487 e. The molecule has 0 bridgehead atoms. The van der Waals surface area contributed by atoms with Crippen molar-refractivity contribution < 1.29 is 29.3 Å². The Bertz CT molecular complexity index is 564. The lowest BCUT2D eigenvalue weighted by Crippen LogP contribution is -2.47. The number of carboxylic acids is 1. The number of methoxy groups -OCH3 is 1. The lowest BCUT2D eigenvalue weighted by molar-refractivity contribution is -0.155. The molecule has 1 aromatic carbocycles. The lowest BCUT2D eigenvalue weighted by atomic mass is 10.1. The fraction of sp³-hybridized carbons (Fsp3) is 0.429. The van der Waals surface area contributed by atoms with Crippen molar-refractivity contribution in [1.82, 2.24) is 5.32 Å². The fourth-order valence-corrected chi connectivity index (χ4v) is 1.70. The number of aliphatic carboxylic acids is 1. The predicted octanol–water partition coefficient (Wildman–Crippen LogP) is 1.32. The van der Waals surface area contributed by atoms with Gasteiger partial charge in [-0.05, 0) is 19.1 Å². The fourth-order valence-electron chi connectivity index (χ4n) is 1.48. The Morgan fingerprint density at radius 1 is 1.35 bits per heavy atom. The molecule has 0 saturated heterocycles. The summed E-state index contributed by atoms with van der Waals surface area (Å²) in [5, 5.41) is 23.4. The number of carbonyl (C=O) groups is 2. The monoisotopic (exact) mass is 346 g/mol. The van der Waals surface area contributed by atoms with Gasteiger partial charge in [0.05, 0.1) is 23.9 Å². The highest BCUT2D eigenvalue weighted by atomic mass is 35.5. The highest BCUT2D eigenvalue weighted by Crippen LogP contribution is 2.32. The lowest BCUT2D eigenvalue weighted by Gasteiger charge is -2.19. The number of carboxylic acid groups (broad SMARTS) is 1. The van der Waals surface area contributed by atoms with Crippen molar-refractivity contribution in [1.29, 1.82) is 0 Å². The van der Waals surface area contributed by atoms with E-state index < -0.39 is 24.1 Å². The number of urea groups is 1. The second-order valence-corrected chi connectivity index (χ2v) is 5.25. The van der Waals surface area contributed by atoms with Gasteiger partial charge < -0.3 is 30.3 Å². The molecule has 0 heterocycles. The maximum absolute atomic E-state index is 11.8. The minimum atomic E-state index is -2.07. The number of anilines is 1. The van der Waals surface area contributed by atoms with E-state index in [0.29, 0.717) is 17.3 Å². The molecule has 9 heteroatoms. The van der Waals surface area contributed by atoms with Crippen LogP contribution < -0.4 is 15.4 Å². The summed E-state index contributed by atoms with van der Waals surface area (Å²) >= 11 is 6.03. The topological polar surface area (TPSA) is 117 Å². The zero-order valence-electron chi connectivity index (χ0n) is 12.8. The first-order chi connectivity index (χ1) is 10.8. The maximum Gasteiger partial charge on any atom is 0.337 e. The number of aliphatic hydroxyl groups is 1. The third kappa shape index (κ3) is 5.93. The van der Waals surface area contributed by atoms with Gasteiger partial charge in [-0.15, -0.1) is 0 Å². The van der Waals surface area contributed by atoms with Crippen LogP contribution in [0, 0.1) is 0 Å². The van der Waals surface area contributed by atoms with Gasteiger partial charge in [-0.3, -0.25) is 0 Å². The Kier molecular flexibility index (Phi) is 7.08. The number of para-hydroxylation sites is 1. The average molecular weight is 347 g/mol. The van der Waals surface area contributed by atoms with E-state index >= 15 is 0 Å². The van der Waals surface area contributed by atoms with Gasteiger partial charge in [-0.2, -0.15) is 0 Å². The number of ether oxygens (including phenoxy) is 2. The molecule has 23 heavy (non-hydrogen) atoms. The van der Waals surface area contributed by atoms with Crippen LogP contribution in [-0.4, -0.2) is 54.7 Å². The summed E-state index contributed by atoms with van der Waals surface area (Å²) in [5.74, 6) is -1.17. The highest BCUT2D eigenvalue weighted by molar-refractivity contribution is 6.32. The molecular weight excluding hydrogens is 328 g/mol. The zero-order valence-corrected chi connectivity index (χ0v) is 13.5. The standard InChI is InChI=1S/C14H19ClN2O6/c1-14(21,12(18)19)8-16-13(20)17-10-5-3-4-9(15)11(10)23-7-6-22-2/h3-5,21H,6-8H2,1-2H3,(H,18,19)(H2,16,17,20). The van der Waals surface area contributed by atoms with Gasteiger partial charge in [-0.1, -0.05) is 17.7 Å². The van der Waals surface area contributed by atoms with Crippen LogP contribution in [0.3, 0.4) is 0 Å². The Morgan fingerprint density at radius 3 is 2.65 bits per heavy atom. The Hall–Kier alpha value is -2.03. The number of rotatable bonds is 8. The van der Waals surface area contributed by atoms with E-state index in [4.69, 9.17) is 26.2 Å². The second kappa shape index (κ2) is 8.56. The predicted molar refractivity (Wildman–Crippen MR) is 84.1 cm³/mol. The molecule has 128 valence electrons. The maximum atomic E-state index is 11.8. The molecule has 0 radical (unpaired) electrons. The number of nitrogens with one attached hydrogen (secondary N) is 2. The van der Waals surface area contributed by atoms with Gasteiger partial charge in [0.1, 0.15) is 6.61 Å². The summed E-state index contributed by atoms with van der Waals surface area (Å²) in [5.41, 5.74) is -1.76. The molecule has 0 aliphatic heterocycles. The molecule has 0 aliphatic carbocycles. The Morgan fingerprint density at radius 2 is 2.04 bits per heavy atom. The van der Waals surface area contributed by atoms with Crippen LogP contribution in [0.5, 0.6) is 5.75 Å². The smallest absolute Gasteiger partial charge is 0.337 e. The summed E-state index contributed by atoms with van der Waals surface area (Å²) < 4.78 is 10.3. The van der Waals surface area contributed by atoms with Crippen molar-refractivity contribution in [2.75, 3.05) is 32.2 Å². The van der Waals surface area contributed by atoms with E-state index in [9.17, 15) is 14.7 Å². The highest BCUT2D eigenvalue weighted by Gasteiger charge is 2.30. The minimum absolute atomic E-state index is 0.240. The zero-order chi connectivity index (χ0) is 17.5. The van der Waals surface area contributed by atoms with E-state index in [2.05, 4.69) is 10.6 Å². The number of hydrogen-bond acceptors (Lipinski definition) is 5. The largest absolute Gasteiger partial charge is 0.487 e. The van der Waals surface area contributed by atoms with E-state index in [-0.39, 0.29) is 12.4 Å². The van der Waals surface area contributed by atoms with Crippen molar-refractivity contribution in [3.8, 4) is 5.75 Å². The molecule has 1 unspecified atom stereocenters. The summed E-state index contributed by atoms with van der Waals surface area (Å²) in [6.45, 7) is 1.20. The number of benzene rings is 1. The van der Waals surface area contributed by atoms with Crippen LogP contribution in [-0.2, 0) is 9.53 Å². The summed E-state index contributed by atoms with van der Waals surface area (Å²) in [6.07, 6.45) is 0. The second-order valence-electron chi connectivity index (χ2n) is 4.84. The molecular formula is C14H19ClN2O6. The van der Waals surface area contributed by atoms with Gasteiger partial charge in [0, 0.05) is 7.11 Å². The van der Waals surface area contributed by atoms with Crippen molar-refractivity contribution in [3.05, 3.63) is 23.2 Å². The third-order valence-electron chi connectivity index (χ3n) is 2.80. The van der Waals surface area contributed by atoms with Crippen LogP contribution in [0.15, 0.2) is 18.2 Å². The first kappa shape index (κ1) is 19.0. The van der Waals surface area contributed by atoms with Gasteiger partial charge in [0.2, 0.25) is 0 Å². The summed E-state index contributed by atoms with van der Waals surface area (Å²) in [6, 6.07) is 4.09. The molecule has 0 saturated carbocycles. The number of carbonyl (C=O) groups excluding carboxylic acids is 1. The van der Waals surface area contributed by atoms with Gasteiger partial charge in [0.25, 0.3) is 0 Å². The quantitative estimate of drug-likeness (QED) is 0.527. The van der Waals surface area contributed by atoms with Gasteiger partial charge >= 0.3 is 12.0 Å². The van der Waals surface area contributed by atoms with E-state index in [1.165, 1.54) is 7.11 Å². The van der Waals surface area contributed by atoms with Crippen LogP contribution in [0.4, 0.5) is 10.5 Å². The van der Waals surface area contributed by atoms with Gasteiger partial charge in [0.15, 0.2) is 11.4 Å². The van der Waals surface area contributed by atoms with Crippen molar-refractivity contribution in [2.24, 2.45) is 0 Å². The molecule has 0 aromatic heterocycles. The van der Waals surface area contributed by atoms with Crippen LogP contribution >= 0.6 is 11.6 Å². The van der Waals surface area contributed by atoms with Crippen molar-refractivity contribution in [2.45, 2.75) is 12.5 Å². The van der Waals surface area contributed by atoms with Crippen molar-refractivity contribution >= 4 is 29.3 Å². The molecule has 8 nitrogen and oxygen atoms in total. The van der Waals surface area contributed by atoms with Crippen LogP contribution in [0.1, 0.15) is 6.92 Å². The summed E-state index contributed by atoms with van der Waals surface area (Å²) in [7, 11) is 1.52. The molecule has 0 spiro atoms. The van der Waals surface area contributed by atoms with Crippen LogP contribution in [0.2, 0.25) is 5.02 Å². The Balaban J connectivity index is 2.70. The van der Waals surface area contributed by atoms with Crippen LogP contribution in [0.25, 0.3) is 0 Å². The summed E-state index contributed by atoms with van der Waals surface area (Å²) in [4.78, 5) is 22.6. The molecule has 1 atom stereocenters. The number of halogens is 1. The molecule has 4 N–H and O–H groups in total. The third-order valence-corrected chi connectivity index (χ3v) is 3.10. The van der Waals surface area contributed by atoms with Crippen molar-refractivity contribution in [3.63, 3.8) is 0 Å². The SMILES string of the molecule is COCCOc1c(Cl)cccc1NC(=O)NCC(C)(O)C(=O)O. The van der Waals surface area contributed by atoms with E-state index in [1.807, 2.05) is 0 Å². The van der Waals surface area contributed by atoms with Gasteiger partial charge in [-0.25, -0.2) is 9.59 Å². The number of hydrogen-bond donors (Lipinski definition) is 4. The average Bonchev–Trinajstić information content (AvgIpc) is 2.48. The first-order valence-electron chi connectivity index (χ1n) is 6.69. The number of amides is 2. The normalized spacial score (nSPS) is 13.0. The molecule has 0 aliphatic rings. The molecule has 1 rings (SSSR count). The first-order valence-corrected chi connectivity index (χ1v) is 7.06. The molecule has 2 amide bonds. The van der Waals surface area contributed by atoms with E-state index in [1.54, 1.807) is 18.2 Å². The van der Waals surface area contributed by atoms with E-state index in [0.717, 1.165) is 6.92 Å². The molecule has 0 fully saturated rings. The Labute approximate surface area is 138 Å².